The first-order valence-electron chi connectivity index (χ1n) is 7.10. The predicted octanol–water partition coefficient (Wildman–Crippen LogP) is 4.07. The van der Waals surface area contributed by atoms with Crippen LogP contribution >= 0.6 is 11.6 Å². The van der Waals surface area contributed by atoms with Crippen molar-refractivity contribution in [2.24, 2.45) is 0 Å². The van der Waals surface area contributed by atoms with Gasteiger partial charge in [-0.1, -0.05) is 11.6 Å². The first-order valence-corrected chi connectivity index (χ1v) is 7.48. The predicted molar refractivity (Wildman–Crippen MR) is 92.7 cm³/mol. The van der Waals surface area contributed by atoms with E-state index in [0.29, 0.717) is 28.6 Å². The van der Waals surface area contributed by atoms with Crippen molar-refractivity contribution in [1.29, 1.82) is 5.26 Å². The highest BCUT2D eigenvalue weighted by molar-refractivity contribution is 6.30. The van der Waals surface area contributed by atoms with Crippen LogP contribution in [-0.2, 0) is 6.54 Å². The molecule has 2 rings (SSSR count). The molecule has 0 spiro atoms. The minimum atomic E-state index is -0.479. The Bertz CT molecular complexity index is 831. The van der Waals surface area contributed by atoms with Crippen molar-refractivity contribution >= 4 is 23.0 Å². The van der Waals surface area contributed by atoms with Gasteiger partial charge in [0.2, 0.25) is 0 Å². The SMILES string of the molecule is COc1ccc(Cl)cc1CN(C)c1cc(C#N)cc([N+](=O)[O-])c1C. The van der Waals surface area contributed by atoms with E-state index in [4.69, 9.17) is 21.6 Å². The lowest BCUT2D eigenvalue weighted by Crippen LogP contribution is -2.18. The maximum Gasteiger partial charge on any atom is 0.275 e. The van der Waals surface area contributed by atoms with Crippen molar-refractivity contribution < 1.29 is 9.66 Å². The number of methoxy groups -OCH3 is 1. The van der Waals surface area contributed by atoms with Gasteiger partial charge >= 0.3 is 0 Å². The van der Waals surface area contributed by atoms with Crippen LogP contribution in [0.3, 0.4) is 0 Å². The Morgan fingerprint density at radius 2 is 2.08 bits per heavy atom. The number of rotatable bonds is 5. The molecule has 0 amide bonds. The fraction of sp³-hybridized carbons (Fsp3) is 0.235. The third kappa shape index (κ3) is 3.58. The number of ether oxygens (including phenoxy) is 1. The molecule has 0 saturated heterocycles. The number of anilines is 1. The molecular weight excluding hydrogens is 330 g/mol. The lowest BCUT2D eigenvalue weighted by molar-refractivity contribution is -0.385. The number of hydrogen-bond acceptors (Lipinski definition) is 5. The van der Waals surface area contributed by atoms with Gasteiger partial charge in [0, 0.05) is 35.9 Å². The molecule has 0 fully saturated rings. The van der Waals surface area contributed by atoms with Crippen LogP contribution < -0.4 is 9.64 Å². The summed E-state index contributed by atoms with van der Waals surface area (Å²) >= 11 is 6.04. The summed E-state index contributed by atoms with van der Waals surface area (Å²) in [4.78, 5) is 12.6. The second-order valence-electron chi connectivity index (χ2n) is 5.32. The van der Waals surface area contributed by atoms with Crippen molar-refractivity contribution in [3.8, 4) is 11.8 Å². The smallest absolute Gasteiger partial charge is 0.275 e. The van der Waals surface area contributed by atoms with Crippen LogP contribution in [-0.4, -0.2) is 19.1 Å². The van der Waals surface area contributed by atoms with Crippen molar-refractivity contribution in [2.75, 3.05) is 19.1 Å². The summed E-state index contributed by atoms with van der Waals surface area (Å²) in [5, 5.41) is 20.9. The molecule has 0 aliphatic carbocycles. The third-order valence-electron chi connectivity index (χ3n) is 3.74. The molecular formula is C17H16ClN3O3. The molecule has 0 heterocycles. The largest absolute Gasteiger partial charge is 0.496 e. The minimum absolute atomic E-state index is 0.0750. The van der Waals surface area contributed by atoms with Crippen LogP contribution in [0.4, 0.5) is 11.4 Å². The number of halogens is 1. The lowest BCUT2D eigenvalue weighted by atomic mass is 10.1. The van der Waals surface area contributed by atoms with E-state index in [1.165, 1.54) is 6.07 Å². The molecule has 24 heavy (non-hydrogen) atoms. The van der Waals surface area contributed by atoms with Gasteiger partial charge in [0.05, 0.1) is 29.2 Å². The van der Waals surface area contributed by atoms with Gasteiger partial charge in [0.15, 0.2) is 0 Å². The Labute approximate surface area is 145 Å². The van der Waals surface area contributed by atoms with Gasteiger partial charge in [-0.15, -0.1) is 0 Å². The first-order chi connectivity index (χ1) is 11.4. The number of nitro groups is 1. The van der Waals surface area contributed by atoms with E-state index in [-0.39, 0.29) is 11.3 Å². The van der Waals surface area contributed by atoms with E-state index in [1.54, 1.807) is 45.3 Å². The second kappa shape index (κ2) is 7.20. The molecule has 7 heteroatoms. The van der Waals surface area contributed by atoms with Gasteiger partial charge in [-0.05, 0) is 31.2 Å². The highest BCUT2D eigenvalue weighted by atomic mass is 35.5. The van der Waals surface area contributed by atoms with Crippen LogP contribution in [0.25, 0.3) is 0 Å². The summed E-state index contributed by atoms with van der Waals surface area (Å²) in [6, 6.07) is 10.2. The molecule has 0 radical (unpaired) electrons. The average Bonchev–Trinajstić information content (AvgIpc) is 2.55. The van der Waals surface area contributed by atoms with Crippen LogP contribution in [0, 0.1) is 28.4 Å². The zero-order valence-corrected chi connectivity index (χ0v) is 14.3. The highest BCUT2D eigenvalue weighted by Crippen LogP contribution is 2.32. The molecule has 0 atom stereocenters. The number of nitro benzene ring substituents is 1. The highest BCUT2D eigenvalue weighted by Gasteiger charge is 2.19. The monoisotopic (exact) mass is 345 g/mol. The normalized spacial score (nSPS) is 10.1. The minimum Gasteiger partial charge on any atom is -0.496 e. The van der Waals surface area contributed by atoms with Crippen LogP contribution in [0.2, 0.25) is 5.02 Å². The molecule has 6 nitrogen and oxygen atoms in total. The Morgan fingerprint density at radius 1 is 1.38 bits per heavy atom. The number of hydrogen-bond donors (Lipinski definition) is 0. The van der Waals surface area contributed by atoms with Gasteiger partial charge in [0.1, 0.15) is 5.75 Å². The molecule has 2 aromatic rings. The van der Waals surface area contributed by atoms with Gasteiger partial charge < -0.3 is 9.64 Å². The molecule has 0 bridgehead atoms. The summed E-state index contributed by atoms with van der Waals surface area (Å²) in [6.45, 7) is 2.09. The fourth-order valence-electron chi connectivity index (χ4n) is 2.55. The van der Waals surface area contributed by atoms with Gasteiger partial charge in [-0.2, -0.15) is 5.26 Å². The molecule has 2 aromatic carbocycles. The maximum atomic E-state index is 11.2. The van der Waals surface area contributed by atoms with E-state index >= 15 is 0 Å². The van der Waals surface area contributed by atoms with Gasteiger partial charge in [0.25, 0.3) is 5.69 Å². The fourth-order valence-corrected chi connectivity index (χ4v) is 2.74. The van der Waals surface area contributed by atoms with E-state index < -0.39 is 4.92 Å². The average molecular weight is 346 g/mol. The van der Waals surface area contributed by atoms with Crippen molar-refractivity contribution in [3.63, 3.8) is 0 Å². The molecule has 0 N–H and O–H groups in total. The summed E-state index contributed by atoms with van der Waals surface area (Å²) in [5.41, 5.74) is 2.13. The zero-order valence-electron chi connectivity index (χ0n) is 13.5. The standard InChI is InChI=1S/C17H16ClN3O3/c1-11-15(6-12(9-19)7-16(11)21(22)23)20(2)10-13-8-14(18)4-5-17(13)24-3/h4-8H,10H2,1-3H3. The van der Waals surface area contributed by atoms with Crippen molar-refractivity contribution in [3.05, 3.63) is 62.2 Å². The van der Waals surface area contributed by atoms with Crippen molar-refractivity contribution in [2.45, 2.75) is 13.5 Å². The summed E-state index contributed by atoms with van der Waals surface area (Å²) < 4.78 is 5.33. The molecule has 0 aliphatic heterocycles. The third-order valence-corrected chi connectivity index (χ3v) is 3.97. The van der Waals surface area contributed by atoms with Crippen molar-refractivity contribution in [1.82, 2.24) is 0 Å². The zero-order chi connectivity index (χ0) is 17.9. The topological polar surface area (TPSA) is 79.4 Å². The molecule has 0 unspecified atom stereocenters. The maximum absolute atomic E-state index is 11.2. The van der Waals surface area contributed by atoms with Crippen LogP contribution in [0.1, 0.15) is 16.7 Å². The summed E-state index contributed by atoms with van der Waals surface area (Å²) in [6.07, 6.45) is 0. The molecule has 0 aromatic heterocycles. The quantitative estimate of drug-likeness (QED) is 0.602. The first kappa shape index (κ1) is 17.6. The lowest BCUT2D eigenvalue weighted by Gasteiger charge is -2.23. The molecule has 0 aliphatic rings. The van der Waals surface area contributed by atoms with E-state index in [2.05, 4.69) is 0 Å². The Morgan fingerprint density at radius 3 is 2.67 bits per heavy atom. The van der Waals surface area contributed by atoms with Gasteiger partial charge in [-0.3, -0.25) is 10.1 Å². The Hall–Kier alpha value is -2.78. The number of nitriles is 1. The summed E-state index contributed by atoms with van der Waals surface area (Å²) in [5.74, 6) is 0.676. The number of benzene rings is 2. The van der Waals surface area contributed by atoms with Gasteiger partial charge in [-0.25, -0.2) is 0 Å². The number of nitrogens with zero attached hydrogens (tertiary/aromatic N) is 3. The Kier molecular flexibility index (Phi) is 5.27. The van der Waals surface area contributed by atoms with E-state index in [1.807, 2.05) is 11.0 Å². The molecule has 124 valence electrons. The van der Waals surface area contributed by atoms with Crippen LogP contribution in [0.15, 0.2) is 30.3 Å². The van der Waals surface area contributed by atoms with E-state index in [9.17, 15) is 10.1 Å². The Balaban J connectivity index is 2.45. The van der Waals surface area contributed by atoms with Crippen LogP contribution in [0.5, 0.6) is 5.75 Å². The molecule has 0 saturated carbocycles. The van der Waals surface area contributed by atoms with E-state index in [0.717, 1.165) is 5.56 Å². The summed E-state index contributed by atoms with van der Waals surface area (Å²) in [7, 11) is 3.37. The second-order valence-corrected chi connectivity index (χ2v) is 5.76.